The average Bonchev–Trinajstić information content (AvgIpc) is 2.48. The zero-order chi connectivity index (χ0) is 15.2. The molecule has 2 aromatic rings. The van der Waals surface area contributed by atoms with Crippen molar-refractivity contribution in [3.05, 3.63) is 68.7 Å². The van der Waals surface area contributed by atoms with Crippen molar-refractivity contribution in [2.75, 3.05) is 5.32 Å². The molecule has 0 radical (unpaired) electrons. The number of nitrogens with zero attached hydrogens (tertiary/aromatic N) is 1. The summed E-state index contributed by atoms with van der Waals surface area (Å²) in [5, 5.41) is 13.3. The number of hydrogen-bond donors (Lipinski definition) is 1. The molecule has 0 aliphatic rings. The third-order valence-electron chi connectivity index (χ3n) is 2.60. The van der Waals surface area contributed by atoms with Gasteiger partial charge >= 0.3 is 6.09 Å². The van der Waals surface area contributed by atoms with E-state index in [1.807, 2.05) is 30.3 Å². The molecule has 0 unspecified atom stereocenters. The smallest absolute Gasteiger partial charge is 0.411 e. The molecule has 0 aromatic heterocycles. The molecule has 0 aliphatic heterocycles. The summed E-state index contributed by atoms with van der Waals surface area (Å²) in [5.41, 5.74) is 1.02. The van der Waals surface area contributed by atoms with Gasteiger partial charge in [0.05, 0.1) is 15.1 Å². The maximum Gasteiger partial charge on any atom is 0.411 e. The van der Waals surface area contributed by atoms with Gasteiger partial charge in [-0.2, -0.15) is 0 Å². The van der Waals surface area contributed by atoms with Crippen molar-refractivity contribution >= 4 is 33.4 Å². The number of nitro groups is 1. The Morgan fingerprint density at radius 3 is 2.62 bits per heavy atom. The van der Waals surface area contributed by atoms with Crippen LogP contribution < -0.4 is 5.32 Å². The van der Waals surface area contributed by atoms with E-state index in [1.165, 1.54) is 12.1 Å². The largest absolute Gasteiger partial charge is 0.444 e. The van der Waals surface area contributed by atoms with Gasteiger partial charge in [-0.15, -0.1) is 0 Å². The second kappa shape index (κ2) is 6.85. The van der Waals surface area contributed by atoms with E-state index in [0.717, 1.165) is 5.56 Å². The predicted molar refractivity (Wildman–Crippen MR) is 81.0 cm³/mol. The second-order valence-corrected chi connectivity index (χ2v) is 4.96. The normalized spacial score (nSPS) is 9.95. The Morgan fingerprint density at radius 1 is 1.24 bits per heavy atom. The van der Waals surface area contributed by atoms with Gasteiger partial charge in [-0.1, -0.05) is 30.3 Å². The first-order valence-corrected chi connectivity index (χ1v) is 6.77. The highest BCUT2D eigenvalue weighted by Gasteiger charge is 2.13. The highest BCUT2D eigenvalue weighted by molar-refractivity contribution is 9.10. The average molecular weight is 351 g/mol. The first-order valence-electron chi connectivity index (χ1n) is 5.98. The summed E-state index contributed by atoms with van der Waals surface area (Å²) >= 11 is 3.07. The van der Waals surface area contributed by atoms with Crippen LogP contribution in [-0.2, 0) is 11.3 Å². The van der Waals surface area contributed by atoms with E-state index in [-0.39, 0.29) is 12.3 Å². The Morgan fingerprint density at radius 2 is 1.95 bits per heavy atom. The minimum atomic E-state index is -0.671. The Kier molecular flexibility index (Phi) is 4.89. The van der Waals surface area contributed by atoms with E-state index in [4.69, 9.17) is 4.74 Å². The van der Waals surface area contributed by atoms with Gasteiger partial charge in [0.15, 0.2) is 0 Å². The van der Waals surface area contributed by atoms with Gasteiger partial charge in [0.2, 0.25) is 0 Å². The summed E-state index contributed by atoms with van der Waals surface area (Å²) < 4.78 is 5.37. The number of nitro benzene ring substituents is 1. The first kappa shape index (κ1) is 15.0. The summed E-state index contributed by atoms with van der Waals surface area (Å²) in [6.45, 7) is 0.130. The van der Waals surface area contributed by atoms with Crippen LogP contribution in [0, 0.1) is 10.1 Å². The molecular formula is C14H11BrN2O4. The second-order valence-electron chi connectivity index (χ2n) is 4.11. The van der Waals surface area contributed by atoms with Gasteiger partial charge in [0, 0.05) is 6.07 Å². The molecule has 1 amide bonds. The van der Waals surface area contributed by atoms with Gasteiger partial charge in [0.1, 0.15) is 6.61 Å². The number of rotatable bonds is 4. The van der Waals surface area contributed by atoms with E-state index in [1.54, 1.807) is 6.07 Å². The lowest BCUT2D eigenvalue weighted by Gasteiger charge is -2.07. The van der Waals surface area contributed by atoms with Gasteiger partial charge in [-0.25, -0.2) is 4.79 Å². The molecule has 0 saturated heterocycles. The van der Waals surface area contributed by atoms with Crippen LogP contribution in [0.1, 0.15) is 5.56 Å². The molecule has 108 valence electrons. The lowest BCUT2D eigenvalue weighted by Crippen LogP contribution is -2.13. The molecule has 0 heterocycles. The van der Waals surface area contributed by atoms with Crippen molar-refractivity contribution in [1.29, 1.82) is 0 Å². The molecule has 0 bridgehead atoms. The molecule has 0 fully saturated rings. The van der Waals surface area contributed by atoms with Crippen LogP contribution in [0.25, 0.3) is 0 Å². The Bertz CT molecular complexity index is 661. The topological polar surface area (TPSA) is 81.5 Å². The van der Waals surface area contributed by atoms with Crippen molar-refractivity contribution in [3.8, 4) is 0 Å². The van der Waals surface area contributed by atoms with Crippen molar-refractivity contribution in [2.45, 2.75) is 6.61 Å². The van der Waals surface area contributed by atoms with E-state index in [9.17, 15) is 14.9 Å². The molecule has 0 saturated carbocycles. The molecule has 2 rings (SSSR count). The molecule has 0 atom stereocenters. The summed E-state index contributed by atoms with van der Waals surface area (Å²) in [5.74, 6) is 0. The molecular weight excluding hydrogens is 340 g/mol. The number of carbonyl (C=O) groups excluding carboxylic acids is 1. The van der Waals surface area contributed by atoms with Gasteiger partial charge in [-0.05, 0) is 33.6 Å². The highest BCUT2D eigenvalue weighted by Crippen LogP contribution is 2.27. The maximum atomic E-state index is 11.6. The van der Waals surface area contributed by atoms with E-state index < -0.39 is 11.0 Å². The molecule has 0 aliphatic carbocycles. The minimum absolute atomic E-state index is 0.129. The lowest BCUT2D eigenvalue weighted by molar-refractivity contribution is -0.385. The predicted octanol–water partition coefficient (Wildman–Crippen LogP) is 4.11. The SMILES string of the molecule is O=C(Nc1ccc(Br)c([N+](=O)[O-])c1)OCc1ccccc1. The quantitative estimate of drug-likeness (QED) is 0.664. The third kappa shape index (κ3) is 4.28. The van der Waals surface area contributed by atoms with Crippen LogP contribution in [0.4, 0.5) is 16.2 Å². The van der Waals surface area contributed by atoms with Crippen molar-refractivity contribution < 1.29 is 14.5 Å². The van der Waals surface area contributed by atoms with E-state index in [2.05, 4.69) is 21.2 Å². The fraction of sp³-hybridized carbons (Fsp3) is 0.0714. The molecule has 2 aromatic carbocycles. The van der Waals surface area contributed by atoms with Crippen LogP contribution >= 0.6 is 15.9 Å². The van der Waals surface area contributed by atoms with Crippen LogP contribution in [-0.4, -0.2) is 11.0 Å². The Balaban J connectivity index is 1.97. The van der Waals surface area contributed by atoms with Crippen LogP contribution in [0.15, 0.2) is 53.0 Å². The first-order chi connectivity index (χ1) is 10.1. The fourth-order valence-electron chi connectivity index (χ4n) is 1.61. The summed E-state index contributed by atoms with van der Waals surface area (Å²) in [6, 6.07) is 13.5. The van der Waals surface area contributed by atoms with Gasteiger partial charge in [-0.3, -0.25) is 15.4 Å². The zero-order valence-electron chi connectivity index (χ0n) is 10.8. The van der Waals surface area contributed by atoms with Crippen LogP contribution in [0.5, 0.6) is 0 Å². The number of carbonyl (C=O) groups is 1. The van der Waals surface area contributed by atoms with Crippen LogP contribution in [0.2, 0.25) is 0 Å². The molecule has 0 spiro atoms. The summed E-state index contributed by atoms with van der Waals surface area (Å²) in [6.07, 6.45) is -0.671. The third-order valence-corrected chi connectivity index (χ3v) is 3.27. The number of nitrogens with one attached hydrogen (secondary N) is 1. The van der Waals surface area contributed by atoms with Crippen molar-refractivity contribution in [1.82, 2.24) is 0 Å². The zero-order valence-corrected chi connectivity index (χ0v) is 12.4. The van der Waals surface area contributed by atoms with Crippen molar-refractivity contribution in [3.63, 3.8) is 0 Å². The Hall–Kier alpha value is -2.41. The Labute approximate surface area is 129 Å². The molecule has 6 nitrogen and oxygen atoms in total. The van der Waals surface area contributed by atoms with Crippen LogP contribution in [0.3, 0.4) is 0 Å². The number of halogens is 1. The number of amides is 1. The lowest BCUT2D eigenvalue weighted by atomic mass is 10.2. The van der Waals surface area contributed by atoms with Gasteiger partial charge < -0.3 is 4.74 Å². The maximum absolute atomic E-state index is 11.6. The van der Waals surface area contributed by atoms with E-state index in [0.29, 0.717) is 10.2 Å². The standard InChI is InChI=1S/C14H11BrN2O4/c15-12-7-6-11(8-13(12)17(19)20)16-14(18)21-9-10-4-2-1-3-5-10/h1-8H,9H2,(H,16,18). The summed E-state index contributed by atoms with van der Waals surface area (Å²) in [7, 11) is 0. The highest BCUT2D eigenvalue weighted by atomic mass is 79.9. The summed E-state index contributed by atoms with van der Waals surface area (Å²) in [4.78, 5) is 21.9. The fourth-order valence-corrected chi connectivity index (χ4v) is 2.00. The minimum Gasteiger partial charge on any atom is -0.444 e. The number of anilines is 1. The molecule has 21 heavy (non-hydrogen) atoms. The van der Waals surface area contributed by atoms with Gasteiger partial charge in [0.25, 0.3) is 5.69 Å². The van der Waals surface area contributed by atoms with Crippen molar-refractivity contribution in [2.24, 2.45) is 0 Å². The monoisotopic (exact) mass is 350 g/mol. The number of hydrogen-bond acceptors (Lipinski definition) is 4. The molecule has 1 N–H and O–H groups in total. The number of benzene rings is 2. The van der Waals surface area contributed by atoms with E-state index >= 15 is 0 Å². The molecule has 7 heteroatoms. The number of ether oxygens (including phenoxy) is 1.